The number of ether oxygens (including phenoxy) is 1. The maximum absolute atomic E-state index is 12.6. The highest BCUT2D eigenvalue weighted by Crippen LogP contribution is 2.28. The quantitative estimate of drug-likeness (QED) is 0.819. The van der Waals surface area contributed by atoms with Crippen LogP contribution in [0.3, 0.4) is 0 Å². The number of hydrogen-bond acceptors (Lipinski definition) is 3. The Labute approximate surface area is 142 Å². The zero-order chi connectivity index (χ0) is 17.5. The summed E-state index contributed by atoms with van der Waals surface area (Å²) in [7, 11) is 1.70. The molecule has 2 rings (SSSR count). The van der Waals surface area contributed by atoms with Crippen LogP contribution < -0.4 is 14.5 Å². The molecule has 0 heterocycles. The molecule has 0 aromatic heterocycles. The lowest BCUT2D eigenvalue weighted by Crippen LogP contribution is -2.41. The lowest BCUT2D eigenvalue weighted by Gasteiger charge is -2.26. The average molecular weight is 326 g/mol. The normalized spacial score (nSPS) is 10.1. The topological polar surface area (TPSA) is 49.9 Å². The first-order valence-corrected chi connectivity index (χ1v) is 7.86. The molecule has 5 nitrogen and oxygen atoms in total. The molecule has 0 radical (unpaired) electrons. The van der Waals surface area contributed by atoms with E-state index in [2.05, 4.69) is 0 Å². The number of hydrogen-bond donors (Lipinski definition) is 0. The summed E-state index contributed by atoms with van der Waals surface area (Å²) in [4.78, 5) is 27.7. The minimum absolute atomic E-state index is 0.0508. The van der Waals surface area contributed by atoms with Crippen molar-refractivity contribution in [2.24, 2.45) is 0 Å². The molecule has 126 valence electrons. The average Bonchev–Trinajstić information content (AvgIpc) is 2.60. The third kappa shape index (κ3) is 4.13. The van der Waals surface area contributed by atoms with Crippen LogP contribution in [0.25, 0.3) is 0 Å². The van der Waals surface area contributed by atoms with Gasteiger partial charge in [0.25, 0.3) is 0 Å². The van der Waals surface area contributed by atoms with E-state index in [0.717, 1.165) is 5.69 Å². The first-order chi connectivity index (χ1) is 11.5. The second kappa shape index (κ2) is 8.15. The zero-order valence-corrected chi connectivity index (χ0v) is 14.2. The molecular formula is C19H22N2O3. The number of para-hydroxylation sites is 3. The molecule has 0 aliphatic rings. The van der Waals surface area contributed by atoms with Crippen molar-refractivity contribution in [2.75, 3.05) is 30.0 Å². The van der Waals surface area contributed by atoms with Crippen LogP contribution in [-0.2, 0) is 9.59 Å². The first kappa shape index (κ1) is 17.5. The molecule has 0 atom stereocenters. The van der Waals surface area contributed by atoms with Crippen molar-refractivity contribution in [1.29, 1.82) is 0 Å². The summed E-state index contributed by atoms with van der Waals surface area (Å²) in [6, 6.07) is 16.6. The highest BCUT2D eigenvalue weighted by molar-refractivity contribution is 6.03. The lowest BCUT2D eigenvalue weighted by atomic mass is 10.2. The fourth-order valence-electron chi connectivity index (χ4n) is 2.36. The number of rotatable bonds is 6. The molecule has 0 N–H and O–H groups in total. The fourth-order valence-corrected chi connectivity index (χ4v) is 2.36. The molecule has 0 saturated heterocycles. The molecule has 0 saturated carbocycles. The predicted octanol–water partition coefficient (Wildman–Crippen LogP) is 3.10. The van der Waals surface area contributed by atoms with E-state index < -0.39 is 0 Å². The van der Waals surface area contributed by atoms with Crippen molar-refractivity contribution in [2.45, 2.75) is 13.8 Å². The van der Waals surface area contributed by atoms with Gasteiger partial charge in [0.05, 0.1) is 12.3 Å². The van der Waals surface area contributed by atoms with Crippen molar-refractivity contribution in [3.8, 4) is 5.75 Å². The van der Waals surface area contributed by atoms with Crippen molar-refractivity contribution >= 4 is 23.2 Å². The van der Waals surface area contributed by atoms with Crippen molar-refractivity contribution in [3.05, 3.63) is 54.6 Å². The first-order valence-electron chi connectivity index (χ1n) is 7.86. The van der Waals surface area contributed by atoms with Crippen LogP contribution >= 0.6 is 0 Å². The van der Waals surface area contributed by atoms with Crippen LogP contribution in [0.1, 0.15) is 13.8 Å². The number of amides is 2. The van der Waals surface area contributed by atoms with Gasteiger partial charge >= 0.3 is 0 Å². The summed E-state index contributed by atoms with van der Waals surface area (Å²) >= 11 is 0. The monoisotopic (exact) mass is 326 g/mol. The smallest absolute Gasteiger partial charge is 0.246 e. The van der Waals surface area contributed by atoms with Gasteiger partial charge in [0.15, 0.2) is 0 Å². The third-order valence-electron chi connectivity index (χ3n) is 3.65. The molecule has 2 amide bonds. The van der Waals surface area contributed by atoms with Crippen molar-refractivity contribution < 1.29 is 14.3 Å². The second-order valence-electron chi connectivity index (χ2n) is 5.29. The standard InChI is InChI=1S/C19H22N2O3/c1-4-24-18-13-9-8-12-17(18)21(15(2)22)14-19(23)20(3)16-10-6-5-7-11-16/h5-13H,4,14H2,1-3H3. The molecule has 24 heavy (non-hydrogen) atoms. The molecule has 2 aromatic carbocycles. The number of carbonyl (C=O) groups excluding carboxylic acids is 2. The summed E-state index contributed by atoms with van der Waals surface area (Å²) in [6.07, 6.45) is 0. The zero-order valence-electron chi connectivity index (χ0n) is 14.2. The molecular weight excluding hydrogens is 304 g/mol. The molecule has 0 spiro atoms. The van der Waals surface area contributed by atoms with E-state index in [0.29, 0.717) is 18.0 Å². The van der Waals surface area contributed by atoms with Gasteiger partial charge in [-0.2, -0.15) is 0 Å². The lowest BCUT2D eigenvalue weighted by molar-refractivity contribution is -0.121. The highest BCUT2D eigenvalue weighted by atomic mass is 16.5. The third-order valence-corrected chi connectivity index (χ3v) is 3.65. The number of benzene rings is 2. The molecule has 0 aliphatic carbocycles. The van der Waals surface area contributed by atoms with E-state index >= 15 is 0 Å². The Morgan fingerprint density at radius 2 is 1.62 bits per heavy atom. The number of anilines is 2. The van der Waals surface area contributed by atoms with E-state index in [4.69, 9.17) is 4.74 Å². The van der Waals surface area contributed by atoms with Gasteiger partial charge in [-0.05, 0) is 31.2 Å². The Hall–Kier alpha value is -2.82. The van der Waals surface area contributed by atoms with Gasteiger partial charge in [-0.1, -0.05) is 30.3 Å². The number of carbonyl (C=O) groups is 2. The summed E-state index contributed by atoms with van der Waals surface area (Å²) in [5.41, 5.74) is 1.38. The Balaban J connectivity index is 2.23. The Bertz CT molecular complexity index is 701. The van der Waals surface area contributed by atoms with Crippen LogP contribution in [0.2, 0.25) is 0 Å². The Morgan fingerprint density at radius 1 is 1.00 bits per heavy atom. The summed E-state index contributed by atoms with van der Waals surface area (Å²) in [6.45, 7) is 3.76. The maximum atomic E-state index is 12.6. The predicted molar refractivity (Wildman–Crippen MR) is 95.5 cm³/mol. The Morgan fingerprint density at radius 3 is 2.25 bits per heavy atom. The largest absolute Gasteiger partial charge is 0.492 e. The van der Waals surface area contributed by atoms with Crippen LogP contribution in [0.5, 0.6) is 5.75 Å². The fraction of sp³-hybridized carbons (Fsp3) is 0.263. The van der Waals surface area contributed by atoms with Gasteiger partial charge < -0.3 is 9.64 Å². The van der Waals surface area contributed by atoms with Gasteiger partial charge in [-0.25, -0.2) is 0 Å². The molecule has 0 fully saturated rings. The summed E-state index contributed by atoms with van der Waals surface area (Å²) in [5, 5.41) is 0. The van der Waals surface area contributed by atoms with Crippen molar-refractivity contribution in [3.63, 3.8) is 0 Å². The van der Waals surface area contributed by atoms with Gasteiger partial charge in [0.2, 0.25) is 11.8 Å². The summed E-state index contributed by atoms with van der Waals surface area (Å²) < 4.78 is 5.58. The highest BCUT2D eigenvalue weighted by Gasteiger charge is 2.21. The van der Waals surface area contributed by atoms with E-state index in [-0.39, 0.29) is 18.4 Å². The summed E-state index contributed by atoms with van der Waals surface area (Å²) in [5.74, 6) is 0.199. The van der Waals surface area contributed by atoms with Crippen LogP contribution in [0, 0.1) is 0 Å². The van der Waals surface area contributed by atoms with Gasteiger partial charge in [-0.15, -0.1) is 0 Å². The van der Waals surface area contributed by atoms with Crippen molar-refractivity contribution in [1.82, 2.24) is 0 Å². The van der Waals surface area contributed by atoms with Crippen LogP contribution in [0.15, 0.2) is 54.6 Å². The van der Waals surface area contributed by atoms with E-state index in [1.165, 1.54) is 11.8 Å². The molecule has 0 bridgehead atoms. The Kier molecular flexibility index (Phi) is 5.95. The number of likely N-dealkylation sites (N-methyl/N-ethyl adjacent to an activating group) is 1. The second-order valence-corrected chi connectivity index (χ2v) is 5.29. The maximum Gasteiger partial charge on any atom is 0.246 e. The van der Waals surface area contributed by atoms with Gasteiger partial charge in [0.1, 0.15) is 12.3 Å². The van der Waals surface area contributed by atoms with E-state index in [1.807, 2.05) is 49.4 Å². The molecule has 0 aliphatic heterocycles. The van der Waals surface area contributed by atoms with E-state index in [9.17, 15) is 9.59 Å². The number of nitrogens with zero attached hydrogens (tertiary/aromatic N) is 2. The molecule has 5 heteroatoms. The van der Waals surface area contributed by atoms with Crippen LogP contribution in [-0.4, -0.2) is 32.0 Å². The molecule has 0 unspecified atom stereocenters. The van der Waals surface area contributed by atoms with E-state index in [1.54, 1.807) is 24.1 Å². The SMILES string of the molecule is CCOc1ccccc1N(CC(=O)N(C)c1ccccc1)C(C)=O. The minimum Gasteiger partial charge on any atom is -0.492 e. The van der Waals surface area contributed by atoms with Gasteiger partial charge in [-0.3, -0.25) is 14.5 Å². The van der Waals surface area contributed by atoms with Gasteiger partial charge in [0, 0.05) is 19.7 Å². The minimum atomic E-state index is -0.211. The molecule has 2 aromatic rings. The van der Waals surface area contributed by atoms with Crippen LogP contribution in [0.4, 0.5) is 11.4 Å².